The van der Waals surface area contributed by atoms with Crippen LogP contribution in [0.3, 0.4) is 0 Å². The summed E-state index contributed by atoms with van der Waals surface area (Å²) in [6, 6.07) is 15.1. The largest absolute Gasteiger partial charge is 0.304 e. The molecule has 0 N–H and O–H groups in total. The number of amides is 1. The van der Waals surface area contributed by atoms with Gasteiger partial charge in [-0.2, -0.15) is 0 Å². The van der Waals surface area contributed by atoms with E-state index in [-0.39, 0.29) is 17.8 Å². The first kappa shape index (κ1) is 17.8. The molecule has 7 heteroatoms. The van der Waals surface area contributed by atoms with E-state index in [1.54, 1.807) is 52.0 Å². The first-order valence-corrected chi connectivity index (χ1v) is 9.68. The SMILES string of the molecule is O=C(c1c(-c2ccc(F)cc2)nc2ncccn12)N(c1ccc(Cl)cc1)C1CC1. The third-order valence-corrected chi connectivity index (χ3v) is 5.21. The number of carbonyl (C=O) groups excluding carboxylic acids is 1. The smallest absolute Gasteiger partial charge is 0.277 e. The molecule has 1 fully saturated rings. The van der Waals surface area contributed by atoms with Gasteiger partial charge in [0, 0.05) is 34.7 Å². The van der Waals surface area contributed by atoms with E-state index in [1.807, 2.05) is 12.1 Å². The highest BCUT2D eigenvalue weighted by Gasteiger charge is 2.37. The maximum Gasteiger partial charge on any atom is 0.277 e. The van der Waals surface area contributed by atoms with Gasteiger partial charge >= 0.3 is 0 Å². The van der Waals surface area contributed by atoms with Gasteiger partial charge in [0.25, 0.3) is 5.91 Å². The van der Waals surface area contributed by atoms with Crippen LogP contribution in [0.15, 0.2) is 67.0 Å². The van der Waals surface area contributed by atoms with Gasteiger partial charge in [-0.3, -0.25) is 9.20 Å². The van der Waals surface area contributed by atoms with Crippen molar-refractivity contribution in [1.29, 1.82) is 0 Å². The van der Waals surface area contributed by atoms with Crippen molar-refractivity contribution in [1.82, 2.24) is 14.4 Å². The molecule has 4 aromatic rings. The van der Waals surface area contributed by atoms with Gasteiger partial charge in [-0.15, -0.1) is 0 Å². The Bertz CT molecular complexity index is 1200. The molecular formula is C22H16ClFN4O. The van der Waals surface area contributed by atoms with E-state index >= 15 is 0 Å². The monoisotopic (exact) mass is 406 g/mol. The Morgan fingerprint density at radius 3 is 2.52 bits per heavy atom. The Morgan fingerprint density at radius 2 is 1.83 bits per heavy atom. The Hall–Kier alpha value is -3.25. The van der Waals surface area contributed by atoms with Crippen LogP contribution < -0.4 is 4.90 Å². The number of hydrogen-bond donors (Lipinski definition) is 0. The number of imidazole rings is 1. The van der Waals surface area contributed by atoms with Crippen LogP contribution in [0.5, 0.6) is 0 Å². The summed E-state index contributed by atoms with van der Waals surface area (Å²) in [5, 5.41) is 0.614. The van der Waals surface area contributed by atoms with Gasteiger partial charge in [0.2, 0.25) is 5.78 Å². The van der Waals surface area contributed by atoms with Crippen LogP contribution in [0.1, 0.15) is 23.3 Å². The summed E-state index contributed by atoms with van der Waals surface area (Å²) in [4.78, 5) is 24.4. The number of anilines is 1. The topological polar surface area (TPSA) is 50.5 Å². The third kappa shape index (κ3) is 3.25. The molecular weight excluding hydrogens is 391 g/mol. The molecule has 1 aliphatic carbocycles. The van der Waals surface area contributed by atoms with Crippen molar-refractivity contribution >= 4 is 29.0 Å². The maximum absolute atomic E-state index is 13.8. The van der Waals surface area contributed by atoms with Gasteiger partial charge in [-0.05, 0) is 67.4 Å². The summed E-state index contributed by atoms with van der Waals surface area (Å²) in [6.45, 7) is 0. The molecule has 1 aliphatic rings. The highest BCUT2D eigenvalue weighted by atomic mass is 35.5. The van der Waals surface area contributed by atoms with Crippen molar-refractivity contribution in [3.63, 3.8) is 0 Å². The van der Waals surface area contributed by atoms with Crippen LogP contribution in [-0.4, -0.2) is 26.3 Å². The summed E-state index contributed by atoms with van der Waals surface area (Å²) in [5.41, 5.74) is 2.33. The number of carbonyl (C=O) groups is 1. The fourth-order valence-corrected chi connectivity index (χ4v) is 3.57. The Kier molecular flexibility index (Phi) is 4.28. The second-order valence-electron chi connectivity index (χ2n) is 6.99. The van der Waals surface area contributed by atoms with E-state index in [1.165, 1.54) is 12.1 Å². The average Bonchev–Trinajstić information content (AvgIpc) is 3.48. The number of benzene rings is 2. The van der Waals surface area contributed by atoms with Gasteiger partial charge in [0.1, 0.15) is 17.2 Å². The molecule has 2 heterocycles. The molecule has 0 spiro atoms. The standard InChI is InChI=1S/C22H16ClFN4O/c23-15-4-8-17(9-5-15)28(18-10-11-18)21(29)20-19(14-2-6-16(24)7-3-14)26-22-25-12-1-13-27(20)22/h1-9,12-13,18H,10-11H2. The number of hydrogen-bond acceptors (Lipinski definition) is 3. The predicted molar refractivity (Wildman–Crippen MR) is 110 cm³/mol. The zero-order chi connectivity index (χ0) is 20.0. The minimum atomic E-state index is -0.343. The van der Waals surface area contributed by atoms with Crippen molar-refractivity contribution in [2.75, 3.05) is 4.90 Å². The summed E-state index contributed by atoms with van der Waals surface area (Å²) in [7, 11) is 0. The first-order valence-electron chi connectivity index (χ1n) is 9.30. The fraction of sp³-hybridized carbons (Fsp3) is 0.136. The second kappa shape index (κ2) is 6.97. The Balaban J connectivity index is 1.68. The highest BCUT2D eigenvalue weighted by molar-refractivity contribution is 6.30. The molecule has 0 atom stereocenters. The molecule has 1 amide bonds. The second-order valence-corrected chi connectivity index (χ2v) is 7.42. The number of nitrogens with zero attached hydrogens (tertiary/aromatic N) is 4. The van der Waals surface area contributed by atoms with Gasteiger partial charge in [0.15, 0.2) is 0 Å². The number of rotatable bonds is 4. The van der Waals surface area contributed by atoms with Crippen molar-refractivity contribution in [3.05, 3.63) is 83.5 Å². The van der Waals surface area contributed by atoms with E-state index in [9.17, 15) is 9.18 Å². The lowest BCUT2D eigenvalue weighted by atomic mass is 10.1. The quantitative estimate of drug-likeness (QED) is 0.479. The molecule has 0 bridgehead atoms. The molecule has 144 valence electrons. The van der Waals surface area contributed by atoms with Crippen molar-refractivity contribution < 1.29 is 9.18 Å². The van der Waals surface area contributed by atoms with Crippen LogP contribution in [-0.2, 0) is 0 Å². The van der Waals surface area contributed by atoms with E-state index in [4.69, 9.17) is 11.6 Å². The van der Waals surface area contributed by atoms with Crippen LogP contribution in [0.25, 0.3) is 17.0 Å². The van der Waals surface area contributed by atoms with Crippen molar-refractivity contribution in [2.45, 2.75) is 18.9 Å². The number of halogens is 2. The van der Waals surface area contributed by atoms with Crippen molar-refractivity contribution in [2.24, 2.45) is 0 Å². The fourth-order valence-electron chi connectivity index (χ4n) is 3.44. The summed E-state index contributed by atoms with van der Waals surface area (Å²) >= 11 is 6.03. The van der Waals surface area contributed by atoms with Crippen LogP contribution >= 0.6 is 11.6 Å². The zero-order valence-corrected chi connectivity index (χ0v) is 16.1. The molecule has 5 nitrogen and oxygen atoms in total. The minimum Gasteiger partial charge on any atom is -0.304 e. The van der Waals surface area contributed by atoms with Crippen LogP contribution in [0, 0.1) is 5.82 Å². The van der Waals surface area contributed by atoms with Crippen molar-refractivity contribution in [3.8, 4) is 11.3 Å². The van der Waals surface area contributed by atoms with E-state index in [0.29, 0.717) is 27.8 Å². The van der Waals surface area contributed by atoms with E-state index in [2.05, 4.69) is 9.97 Å². The maximum atomic E-state index is 13.8. The Labute approximate surface area is 171 Å². The van der Waals surface area contributed by atoms with Crippen LogP contribution in [0.2, 0.25) is 5.02 Å². The lowest BCUT2D eigenvalue weighted by molar-refractivity contribution is 0.0980. The van der Waals surface area contributed by atoms with Gasteiger partial charge < -0.3 is 4.90 Å². The molecule has 0 radical (unpaired) electrons. The molecule has 5 rings (SSSR count). The van der Waals surface area contributed by atoms with Gasteiger partial charge in [0.05, 0.1) is 0 Å². The zero-order valence-electron chi connectivity index (χ0n) is 15.3. The molecule has 1 saturated carbocycles. The molecule has 2 aromatic heterocycles. The van der Waals surface area contributed by atoms with Gasteiger partial charge in [-0.1, -0.05) is 11.6 Å². The first-order chi connectivity index (χ1) is 14.1. The normalized spacial score (nSPS) is 13.6. The molecule has 0 aliphatic heterocycles. The number of fused-ring (bicyclic) bond motifs is 1. The van der Waals surface area contributed by atoms with E-state index in [0.717, 1.165) is 18.5 Å². The predicted octanol–water partition coefficient (Wildman–Crippen LogP) is 5.00. The third-order valence-electron chi connectivity index (χ3n) is 4.96. The van der Waals surface area contributed by atoms with Crippen LogP contribution in [0.4, 0.5) is 10.1 Å². The Morgan fingerprint density at radius 1 is 1.10 bits per heavy atom. The average molecular weight is 407 g/mol. The molecule has 0 saturated heterocycles. The lowest BCUT2D eigenvalue weighted by Crippen LogP contribution is -2.34. The summed E-state index contributed by atoms with van der Waals surface area (Å²) in [5.74, 6) is -0.0963. The number of aromatic nitrogens is 3. The minimum absolute atomic E-state index is 0.131. The molecule has 0 unspecified atom stereocenters. The summed E-state index contributed by atoms with van der Waals surface area (Å²) < 4.78 is 15.1. The highest BCUT2D eigenvalue weighted by Crippen LogP contribution is 2.35. The molecule has 29 heavy (non-hydrogen) atoms. The van der Waals surface area contributed by atoms with E-state index < -0.39 is 0 Å². The molecule has 2 aromatic carbocycles. The lowest BCUT2D eigenvalue weighted by Gasteiger charge is -2.23. The van der Waals surface area contributed by atoms with Gasteiger partial charge in [-0.25, -0.2) is 14.4 Å². The summed E-state index contributed by atoms with van der Waals surface area (Å²) in [6.07, 6.45) is 5.27.